The maximum Gasteiger partial charge on any atom is 0.160 e. The summed E-state index contributed by atoms with van der Waals surface area (Å²) in [5.41, 5.74) is 2.15. The topological polar surface area (TPSA) is 62.2 Å². The van der Waals surface area contributed by atoms with Crippen LogP contribution in [0.5, 0.6) is 23.0 Å². The summed E-state index contributed by atoms with van der Waals surface area (Å²) < 4.78 is 12.3. The molecule has 23 heavy (non-hydrogen) atoms. The van der Waals surface area contributed by atoms with E-state index in [0.717, 1.165) is 30.6 Å². The molecule has 2 N–H and O–H groups in total. The number of methoxy groups -OCH3 is 2. The lowest BCUT2D eigenvalue weighted by atomic mass is 10.1. The van der Waals surface area contributed by atoms with E-state index in [1.54, 1.807) is 19.2 Å². The number of phenols is 2. The second kappa shape index (κ2) is 8.04. The highest BCUT2D eigenvalue weighted by Crippen LogP contribution is 2.28. The molecule has 0 radical (unpaired) electrons. The molecule has 0 saturated heterocycles. The Kier molecular flexibility index (Phi) is 6.08. The molecule has 0 saturated carbocycles. The van der Waals surface area contributed by atoms with E-state index in [2.05, 4.69) is 14.1 Å². The largest absolute Gasteiger partial charge is 0.504 e. The number of ether oxygens (including phenoxy) is 2. The van der Waals surface area contributed by atoms with E-state index in [1.807, 2.05) is 24.3 Å². The van der Waals surface area contributed by atoms with E-state index in [9.17, 15) is 10.2 Å². The molecule has 0 fully saturated rings. The maximum atomic E-state index is 9.62. The molecule has 5 nitrogen and oxygen atoms in total. The van der Waals surface area contributed by atoms with Crippen molar-refractivity contribution in [2.24, 2.45) is 0 Å². The van der Waals surface area contributed by atoms with Crippen LogP contribution >= 0.6 is 9.39 Å². The first-order chi connectivity index (χ1) is 11.0. The lowest BCUT2D eigenvalue weighted by molar-refractivity contribution is 0.371. The van der Waals surface area contributed by atoms with Crippen LogP contribution in [0.2, 0.25) is 0 Å². The van der Waals surface area contributed by atoms with E-state index in [1.165, 1.54) is 7.11 Å². The predicted molar refractivity (Wildman–Crippen MR) is 93.1 cm³/mol. The van der Waals surface area contributed by atoms with E-state index >= 15 is 0 Å². The monoisotopic (exact) mass is 335 g/mol. The molecule has 0 aromatic heterocycles. The Labute approximate surface area is 138 Å². The second-order valence-electron chi connectivity index (χ2n) is 5.23. The number of benzene rings is 2. The number of hydrogen-bond acceptors (Lipinski definition) is 5. The zero-order chi connectivity index (χ0) is 16.8. The van der Waals surface area contributed by atoms with Gasteiger partial charge in [-0.3, -0.25) is 4.67 Å². The molecular weight excluding hydrogens is 313 g/mol. The van der Waals surface area contributed by atoms with Crippen LogP contribution in [0.15, 0.2) is 36.4 Å². The molecule has 0 heterocycles. The SMILES string of the molecule is COc1cc(CCN(P)Cc2ccc(O)c(OC)c2)ccc1O. The fourth-order valence-electron chi connectivity index (χ4n) is 2.28. The third-order valence-electron chi connectivity index (χ3n) is 3.56. The second-order valence-corrected chi connectivity index (χ2v) is 5.96. The van der Waals surface area contributed by atoms with Crippen LogP contribution < -0.4 is 9.47 Å². The van der Waals surface area contributed by atoms with Crippen molar-refractivity contribution < 1.29 is 19.7 Å². The number of rotatable bonds is 7. The number of nitrogens with zero attached hydrogens (tertiary/aromatic N) is 1. The van der Waals surface area contributed by atoms with Crippen LogP contribution in [0.3, 0.4) is 0 Å². The highest BCUT2D eigenvalue weighted by atomic mass is 31.0. The summed E-state index contributed by atoms with van der Waals surface area (Å²) in [7, 11) is 5.78. The van der Waals surface area contributed by atoms with Gasteiger partial charge in [0, 0.05) is 13.1 Å². The van der Waals surface area contributed by atoms with Gasteiger partial charge in [-0.15, -0.1) is 0 Å². The molecule has 1 unspecified atom stereocenters. The molecule has 0 aliphatic carbocycles. The summed E-state index contributed by atoms with van der Waals surface area (Å²) in [5, 5.41) is 19.2. The summed E-state index contributed by atoms with van der Waals surface area (Å²) in [6, 6.07) is 10.7. The molecule has 2 aromatic rings. The fraction of sp³-hybridized carbons (Fsp3) is 0.294. The first kappa shape index (κ1) is 17.4. The minimum Gasteiger partial charge on any atom is -0.504 e. The first-order valence-corrected chi connectivity index (χ1v) is 7.76. The van der Waals surface area contributed by atoms with Gasteiger partial charge in [0.15, 0.2) is 23.0 Å². The highest BCUT2D eigenvalue weighted by molar-refractivity contribution is 7.13. The zero-order valence-electron chi connectivity index (χ0n) is 13.3. The lowest BCUT2D eigenvalue weighted by Gasteiger charge is -2.17. The Morgan fingerprint density at radius 2 is 1.43 bits per heavy atom. The summed E-state index contributed by atoms with van der Waals surface area (Å²) >= 11 is 0. The van der Waals surface area contributed by atoms with E-state index in [4.69, 9.17) is 9.47 Å². The number of phenolic OH excluding ortho intramolecular Hbond substituents is 2. The Hall–Kier alpha value is -1.97. The Morgan fingerprint density at radius 3 is 2.00 bits per heavy atom. The normalized spacial score (nSPS) is 10.8. The minimum absolute atomic E-state index is 0.141. The Morgan fingerprint density at radius 1 is 0.913 bits per heavy atom. The van der Waals surface area contributed by atoms with Crippen molar-refractivity contribution in [1.82, 2.24) is 4.67 Å². The molecule has 6 heteroatoms. The predicted octanol–water partition coefficient (Wildman–Crippen LogP) is 2.95. The first-order valence-electron chi connectivity index (χ1n) is 7.25. The quantitative estimate of drug-likeness (QED) is 0.762. The molecule has 124 valence electrons. The Balaban J connectivity index is 1.93. The third-order valence-corrected chi connectivity index (χ3v) is 4.00. The molecular formula is C17H22NO4P. The van der Waals surface area contributed by atoms with Gasteiger partial charge in [-0.05, 0) is 41.8 Å². The number of hydrogen-bond donors (Lipinski definition) is 2. The zero-order valence-corrected chi connectivity index (χ0v) is 14.5. The van der Waals surface area contributed by atoms with Crippen molar-refractivity contribution in [3.05, 3.63) is 47.5 Å². The fourth-order valence-corrected chi connectivity index (χ4v) is 2.62. The van der Waals surface area contributed by atoms with Crippen LogP contribution in [0.25, 0.3) is 0 Å². The molecule has 0 amide bonds. The van der Waals surface area contributed by atoms with Gasteiger partial charge in [-0.2, -0.15) is 0 Å². The van der Waals surface area contributed by atoms with Crippen molar-refractivity contribution in [2.45, 2.75) is 13.0 Å². The number of aromatic hydroxyl groups is 2. The summed E-state index contributed by atoms with van der Waals surface area (Å²) in [5.74, 6) is 1.25. The van der Waals surface area contributed by atoms with Gasteiger partial charge >= 0.3 is 0 Å². The van der Waals surface area contributed by atoms with Crippen molar-refractivity contribution in [3.63, 3.8) is 0 Å². The van der Waals surface area contributed by atoms with Gasteiger partial charge in [-0.1, -0.05) is 21.5 Å². The van der Waals surface area contributed by atoms with Crippen molar-refractivity contribution in [1.29, 1.82) is 0 Å². The van der Waals surface area contributed by atoms with Gasteiger partial charge in [0.05, 0.1) is 14.2 Å². The average Bonchev–Trinajstić information content (AvgIpc) is 2.55. The molecule has 0 aliphatic heterocycles. The van der Waals surface area contributed by atoms with Crippen LogP contribution in [-0.4, -0.2) is 35.6 Å². The lowest BCUT2D eigenvalue weighted by Crippen LogP contribution is -2.14. The molecule has 2 aromatic carbocycles. The average molecular weight is 335 g/mol. The maximum absolute atomic E-state index is 9.62. The Bertz CT molecular complexity index is 663. The summed E-state index contributed by atoms with van der Waals surface area (Å²) in [6.07, 6.45) is 0.829. The summed E-state index contributed by atoms with van der Waals surface area (Å²) in [6.45, 7) is 1.54. The molecule has 1 atom stereocenters. The van der Waals surface area contributed by atoms with Gasteiger partial charge in [0.2, 0.25) is 0 Å². The molecule has 2 rings (SSSR count). The van der Waals surface area contributed by atoms with Crippen LogP contribution in [-0.2, 0) is 13.0 Å². The van der Waals surface area contributed by atoms with Crippen molar-refractivity contribution in [3.8, 4) is 23.0 Å². The smallest absolute Gasteiger partial charge is 0.160 e. The van der Waals surface area contributed by atoms with Crippen LogP contribution in [0.1, 0.15) is 11.1 Å². The van der Waals surface area contributed by atoms with E-state index < -0.39 is 0 Å². The van der Waals surface area contributed by atoms with Gasteiger partial charge in [0.25, 0.3) is 0 Å². The van der Waals surface area contributed by atoms with Gasteiger partial charge < -0.3 is 19.7 Å². The standard InChI is InChI=1S/C17H22NO4P/c1-21-16-9-12(3-5-14(16)19)7-8-18(23)11-13-4-6-15(20)17(10-13)22-2/h3-6,9-10,19-20H,7-8,11,23H2,1-2H3. The molecule has 0 bridgehead atoms. The summed E-state index contributed by atoms with van der Waals surface area (Å²) in [4.78, 5) is 0. The van der Waals surface area contributed by atoms with Crippen molar-refractivity contribution >= 4 is 9.39 Å². The van der Waals surface area contributed by atoms with Crippen LogP contribution in [0.4, 0.5) is 0 Å². The van der Waals surface area contributed by atoms with E-state index in [-0.39, 0.29) is 11.5 Å². The van der Waals surface area contributed by atoms with Gasteiger partial charge in [0.1, 0.15) is 0 Å². The van der Waals surface area contributed by atoms with Gasteiger partial charge in [-0.25, -0.2) is 0 Å². The molecule has 0 aliphatic rings. The van der Waals surface area contributed by atoms with Crippen LogP contribution in [0, 0.1) is 0 Å². The third kappa shape index (κ3) is 4.75. The molecule has 0 spiro atoms. The van der Waals surface area contributed by atoms with E-state index in [0.29, 0.717) is 11.5 Å². The highest BCUT2D eigenvalue weighted by Gasteiger charge is 2.07. The minimum atomic E-state index is 0.141. The van der Waals surface area contributed by atoms with Crippen molar-refractivity contribution in [2.75, 3.05) is 20.8 Å².